The normalized spacial score (nSPS) is 10.9. The van der Waals surface area contributed by atoms with Crippen LogP contribution in [0.2, 0.25) is 30.1 Å². The van der Waals surface area contributed by atoms with Gasteiger partial charge in [-0.15, -0.1) is 0 Å². The van der Waals surface area contributed by atoms with Gasteiger partial charge in [0.05, 0.1) is 20.1 Å². The number of rotatable bonds is 2. The third kappa shape index (κ3) is 3.65. The van der Waals surface area contributed by atoms with Crippen LogP contribution in [0.5, 0.6) is 0 Å². The zero-order valence-electron chi connectivity index (χ0n) is 11.9. The summed E-state index contributed by atoms with van der Waals surface area (Å²) in [5, 5.41) is 2.95. The van der Waals surface area contributed by atoms with Crippen LogP contribution in [0.3, 0.4) is 0 Å². The van der Waals surface area contributed by atoms with Crippen LogP contribution in [-0.2, 0) is 0 Å². The zero-order chi connectivity index (χ0) is 17.4. The van der Waals surface area contributed by atoms with Crippen LogP contribution in [0, 0.1) is 0 Å². The smallest absolute Gasteiger partial charge is 0.0598 e. The minimum absolute atomic E-state index is 0.454. The molecule has 0 atom stereocenters. The van der Waals surface area contributed by atoms with Gasteiger partial charge < -0.3 is 0 Å². The molecule has 122 valence electrons. The minimum Gasteiger partial charge on any atom is -0.0836 e. The largest absolute Gasteiger partial charge is 0.0836 e. The Bertz CT molecular complexity index is 856. The first-order valence-electron chi connectivity index (χ1n) is 6.76. The van der Waals surface area contributed by atoms with Crippen molar-refractivity contribution in [2.24, 2.45) is 0 Å². The summed E-state index contributed by atoms with van der Waals surface area (Å²) in [6, 6.07) is 14.2. The molecule has 3 aromatic carbocycles. The van der Waals surface area contributed by atoms with E-state index in [-0.39, 0.29) is 0 Å². The molecule has 0 aliphatic carbocycles. The number of hydrogen-bond donors (Lipinski definition) is 0. The van der Waals surface area contributed by atoms with E-state index >= 15 is 0 Å². The van der Waals surface area contributed by atoms with Gasteiger partial charge in [0.15, 0.2) is 0 Å². The molecule has 0 nitrogen and oxygen atoms in total. The van der Waals surface area contributed by atoms with E-state index < -0.39 is 0 Å². The van der Waals surface area contributed by atoms with Crippen molar-refractivity contribution in [3.63, 3.8) is 0 Å². The molecular weight excluding hydrogens is 429 g/mol. The van der Waals surface area contributed by atoms with Gasteiger partial charge in [-0.05, 0) is 47.5 Å². The maximum atomic E-state index is 6.46. The van der Waals surface area contributed by atoms with Gasteiger partial charge in [-0.25, -0.2) is 0 Å². The lowest BCUT2D eigenvalue weighted by atomic mass is 10.00. The Morgan fingerprint density at radius 3 is 1.08 bits per heavy atom. The lowest BCUT2D eigenvalue weighted by molar-refractivity contribution is 1.58. The fourth-order valence-corrected chi connectivity index (χ4v) is 3.46. The third-order valence-electron chi connectivity index (χ3n) is 3.52. The van der Waals surface area contributed by atoms with Crippen LogP contribution >= 0.6 is 69.6 Å². The summed E-state index contributed by atoms with van der Waals surface area (Å²) in [5.74, 6) is 0. The second-order valence-corrected chi connectivity index (χ2v) is 7.51. The molecule has 0 spiro atoms. The van der Waals surface area contributed by atoms with Crippen LogP contribution in [0.25, 0.3) is 22.3 Å². The Morgan fingerprint density at radius 2 is 0.750 bits per heavy atom. The predicted octanol–water partition coefficient (Wildman–Crippen LogP) is 8.94. The van der Waals surface area contributed by atoms with Crippen molar-refractivity contribution in [1.29, 1.82) is 0 Å². The number of hydrogen-bond acceptors (Lipinski definition) is 0. The molecule has 0 aromatic heterocycles. The summed E-state index contributed by atoms with van der Waals surface area (Å²) < 4.78 is 0. The van der Waals surface area contributed by atoms with Crippen molar-refractivity contribution in [3.8, 4) is 22.3 Å². The maximum absolute atomic E-state index is 6.46. The summed E-state index contributed by atoms with van der Waals surface area (Å²) in [4.78, 5) is 0. The highest BCUT2D eigenvalue weighted by Crippen LogP contribution is 2.40. The van der Waals surface area contributed by atoms with Gasteiger partial charge in [-0.2, -0.15) is 0 Å². The highest BCUT2D eigenvalue weighted by Gasteiger charge is 2.13. The zero-order valence-corrected chi connectivity index (χ0v) is 16.4. The first kappa shape index (κ1) is 18.2. The molecule has 0 saturated carbocycles. The fraction of sp³-hybridized carbons (Fsp3) is 0. The summed E-state index contributed by atoms with van der Waals surface area (Å²) in [5.41, 5.74) is 3.20. The second-order valence-electron chi connectivity index (χ2n) is 5.07. The van der Waals surface area contributed by atoms with Crippen LogP contribution in [0.1, 0.15) is 0 Å². The average molecular weight is 437 g/mol. The topological polar surface area (TPSA) is 0 Å². The van der Waals surface area contributed by atoms with E-state index in [4.69, 9.17) is 69.6 Å². The first-order chi connectivity index (χ1) is 11.4. The summed E-state index contributed by atoms with van der Waals surface area (Å²) in [6.07, 6.45) is 0. The van der Waals surface area contributed by atoms with Gasteiger partial charge in [-0.3, -0.25) is 0 Å². The molecule has 6 heteroatoms. The quantitative estimate of drug-likeness (QED) is 0.376. The van der Waals surface area contributed by atoms with E-state index in [1.165, 1.54) is 0 Å². The Balaban J connectivity index is 2.11. The second kappa shape index (κ2) is 7.33. The minimum atomic E-state index is 0.454. The summed E-state index contributed by atoms with van der Waals surface area (Å²) in [6.45, 7) is 0. The Morgan fingerprint density at radius 1 is 0.375 bits per heavy atom. The third-order valence-corrected chi connectivity index (χ3v) is 5.62. The van der Waals surface area contributed by atoms with Gasteiger partial charge in [0.1, 0.15) is 0 Å². The van der Waals surface area contributed by atoms with Crippen molar-refractivity contribution >= 4 is 69.6 Å². The fourth-order valence-electron chi connectivity index (χ4n) is 2.32. The molecule has 0 unspecified atom stereocenters. The summed E-state index contributed by atoms with van der Waals surface area (Å²) in [7, 11) is 0. The highest BCUT2D eigenvalue weighted by atomic mass is 35.5. The van der Waals surface area contributed by atoms with E-state index in [1.54, 1.807) is 36.4 Å². The molecule has 24 heavy (non-hydrogen) atoms. The Labute approximate surface area is 169 Å². The van der Waals surface area contributed by atoms with Gasteiger partial charge in [0.2, 0.25) is 0 Å². The van der Waals surface area contributed by atoms with Crippen molar-refractivity contribution in [1.82, 2.24) is 0 Å². The SMILES string of the molecule is Clc1ccc(-c2cc(Cl)c(-c3ccc(Cl)c(Cl)c3)cc2Cl)cc1Cl. The Hall–Kier alpha value is -0.600. The van der Waals surface area contributed by atoms with E-state index in [0.717, 1.165) is 22.3 Å². The van der Waals surface area contributed by atoms with Crippen molar-refractivity contribution in [3.05, 3.63) is 78.7 Å². The standard InChI is InChI=1S/C18H8Cl6/c19-13-3-1-9(5-17(13)23)11-7-16(22)12(8-15(11)21)10-2-4-14(20)18(24)6-10/h1-8H. The van der Waals surface area contributed by atoms with Crippen molar-refractivity contribution < 1.29 is 0 Å². The van der Waals surface area contributed by atoms with Crippen LogP contribution in [0.15, 0.2) is 48.5 Å². The molecular formula is C18H8Cl6. The molecule has 0 amide bonds. The molecule has 0 heterocycles. The molecule has 0 aliphatic rings. The molecule has 3 rings (SSSR count). The monoisotopic (exact) mass is 434 g/mol. The van der Waals surface area contributed by atoms with E-state index in [9.17, 15) is 0 Å². The molecule has 0 aliphatic heterocycles. The average Bonchev–Trinajstić information content (AvgIpc) is 2.54. The van der Waals surface area contributed by atoms with Gasteiger partial charge in [0, 0.05) is 21.2 Å². The molecule has 0 bridgehead atoms. The first-order valence-corrected chi connectivity index (χ1v) is 9.03. The lowest BCUT2D eigenvalue weighted by Crippen LogP contribution is -1.86. The number of benzene rings is 3. The molecule has 0 saturated heterocycles. The van der Waals surface area contributed by atoms with Crippen molar-refractivity contribution in [2.75, 3.05) is 0 Å². The van der Waals surface area contributed by atoms with Crippen molar-refractivity contribution in [2.45, 2.75) is 0 Å². The lowest BCUT2D eigenvalue weighted by Gasteiger charge is -2.12. The predicted molar refractivity (Wildman–Crippen MR) is 107 cm³/mol. The van der Waals surface area contributed by atoms with Crippen LogP contribution in [-0.4, -0.2) is 0 Å². The molecule has 3 aromatic rings. The van der Waals surface area contributed by atoms with Crippen LogP contribution in [0.4, 0.5) is 0 Å². The number of halogens is 6. The van der Waals surface area contributed by atoms with Crippen LogP contribution < -0.4 is 0 Å². The van der Waals surface area contributed by atoms with Gasteiger partial charge in [-0.1, -0.05) is 81.7 Å². The van der Waals surface area contributed by atoms with Gasteiger partial charge in [0.25, 0.3) is 0 Å². The molecule has 0 fully saturated rings. The molecule has 0 N–H and O–H groups in total. The Kier molecular flexibility index (Phi) is 5.56. The summed E-state index contributed by atoms with van der Waals surface area (Å²) >= 11 is 37.0. The highest BCUT2D eigenvalue weighted by molar-refractivity contribution is 6.43. The van der Waals surface area contributed by atoms with Gasteiger partial charge >= 0.3 is 0 Å². The van der Waals surface area contributed by atoms with E-state index in [1.807, 2.05) is 12.1 Å². The van der Waals surface area contributed by atoms with E-state index in [0.29, 0.717) is 30.1 Å². The maximum Gasteiger partial charge on any atom is 0.0598 e. The molecule has 0 radical (unpaired) electrons. The van der Waals surface area contributed by atoms with E-state index in [2.05, 4.69) is 0 Å².